The molecule has 1 aliphatic heterocycles. The molecule has 4 rings (SSSR count). The van der Waals surface area contributed by atoms with Gasteiger partial charge in [-0.1, -0.05) is 30.0 Å². The Morgan fingerprint density at radius 2 is 2.07 bits per heavy atom. The van der Waals surface area contributed by atoms with Gasteiger partial charge in [-0.05, 0) is 31.5 Å². The topological polar surface area (TPSA) is 104 Å². The SMILES string of the molecule is CCc1nnc(NC(=O)CSc2nnc(-c3ccc4c(c3)OCO4)n2CC)s1. The van der Waals surface area contributed by atoms with Crippen LogP contribution in [0.25, 0.3) is 11.4 Å². The van der Waals surface area contributed by atoms with Gasteiger partial charge in [0.25, 0.3) is 0 Å². The van der Waals surface area contributed by atoms with E-state index in [0.29, 0.717) is 22.6 Å². The Morgan fingerprint density at radius 3 is 2.86 bits per heavy atom. The number of benzene rings is 1. The Bertz CT molecular complexity index is 1000. The number of carbonyl (C=O) groups excluding carboxylic acids is 1. The van der Waals surface area contributed by atoms with Crippen LogP contribution in [0.2, 0.25) is 0 Å². The Balaban J connectivity index is 1.44. The first-order chi connectivity index (χ1) is 13.7. The van der Waals surface area contributed by atoms with E-state index in [0.717, 1.165) is 28.6 Å². The number of aromatic nitrogens is 5. The number of hydrogen-bond acceptors (Lipinski definition) is 9. The van der Waals surface area contributed by atoms with Gasteiger partial charge in [0.15, 0.2) is 22.5 Å². The Kier molecular flexibility index (Phi) is 5.44. The number of anilines is 1. The second-order valence-corrected chi connectivity index (χ2v) is 7.81. The molecule has 0 saturated heterocycles. The van der Waals surface area contributed by atoms with Crippen LogP contribution in [0, 0.1) is 0 Å². The van der Waals surface area contributed by atoms with Gasteiger partial charge >= 0.3 is 0 Å². The summed E-state index contributed by atoms with van der Waals surface area (Å²) in [5.74, 6) is 2.19. The molecule has 11 heteroatoms. The maximum atomic E-state index is 12.2. The molecule has 1 aliphatic rings. The van der Waals surface area contributed by atoms with Crippen LogP contribution in [0.3, 0.4) is 0 Å². The fraction of sp³-hybridized carbons (Fsp3) is 0.353. The Hall–Kier alpha value is -2.66. The second kappa shape index (κ2) is 8.15. The molecule has 0 radical (unpaired) electrons. The molecule has 0 fully saturated rings. The fourth-order valence-electron chi connectivity index (χ4n) is 2.66. The van der Waals surface area contributed by atoms with E-state index in [4.69, 9.17) is 9.47 Å². The molecular weight excluding hydrogens is 400 g/mol. The van der Waals surface area contributed by atoms with Crippen LogP contribution >= 0.6 is 23.1 Å². The molecule has 1 N–H and O–H groups in total. The molecule has 1 aromatic carbocycles. The van der Waals surface area contributed by atoms with Gasteiger partial charge in [-0.2, -0.15) is 0 Å². The number of thioether (sulfide) groups is 1. The fourth-order valence-corrected chi connectivity index (χ4v) is 4.16. The third-order valence-corrected chi connectivity index (χ3v) is 5.96. The number of aryl methyl sites for hydroxylation is 1. The zero-order valence-electron chi connectivity index (χ0n) is 15.3. The lowest BCUT2D eigenvalue weighted by Crippen LogP contribution is -2.14. The third kappa shape index (κ3) is 3.80. The van der Waals surface area contributed by atoms with Crippen LogP contribution < -0.4 is 14.8 Å². The predicted molar refractivity (Wildman–Crippen MR) is 106 cm³/mol. The molecule has 2 aromatic heterocycles. The average molecular weight is 419 g/mol. The van der Waals surface area contributed by atoms with Crippen molar-refractivity contribution < 1.29 is 14.3 Å². The van der Waals surface area contributed by atoms with E-state index in [1.807, 2.05) is 36.6 Å². The first-order valence-electron chi connectivity index (χ1n) is 8.76. The van der Waals surface area contributed by atoms with Gasteiger partial charge in [0, 0.05) is 12.1 Å². The zero-order chi connectivity index (χ0) is 19.5. The van der Waals surface area contributed by atoms with Crippen molar-refractivity contribution in [2.24, 2.45) is 0 Å². The van der Waals surface area contributed by atoms with Gasteiger partial charge in [-0.25, -0.2) is 0 Å². The van der Waals surface area contributed by atoms with E-state index in [2.05, 4.69) is 25.7 Å². The quantitative estimate of drug-likeness (QED) is 0.584. The smallest absolute Gasteiger partial charge is 0.236 e. The summed E-state index contributed by atoms with van der Waals surface area (Å²) in [6, 6.07) is 5.67. The molecule has 0 unspecified atom stereocenters. The van der Waals surface area contributed by atoms with Crippen LogP contribution in [0.15, 0.2) is 23.4 Å². The van der Waals surface area contributed by atoms with E-state index in [-0.39, 0.29) is 18.5 Å². The zero-order valence-corrected chi connectivity index (χ0v) is 17.0. The number of amides is 1. The number of ether oxygens (including phenoxy) is 2. The summed E-state index contributed by atoms with van der Waals surface area (Å²) in [6.07, 6.45) is 0.796. The molecule has 1 amide bonds. The maximum absolute atomic E-state index is 12.2. The van der Waals surface area contributed by atoms with Crippen LogP contribution in [0.1, 0.15) is 18.9 Å². The predicted octanol–water partition coefficient (Wildman–Crippen LogP) is 2.84. The molecule has 3 aromatic rings. The number of rotatable bonds is 7. The number of hydrogen-bond donors (Lipinski definition) is 1. The number of carbonyl (C=O) groups is 1. The summed E-state index contributed by atoms with van der Waals surface area (Å²) in [5.41, 5.74) is 0.885. The lowest BCUT2D eigenvalue weighted by molar-refractivity contribution is -0.113. The van der Waals surface area contributed by atoms with E-state index >= 15 is 0 Å². The standard InChI is InChI=1S/C17H18N6O3S2/c1-3-14-19-21-16(28-14)18-13(24)8-27-17-22-20-15(23(17)4-2)10-5-6-11-12(7-10)26-9-25-11/h5-7H,3-4,8-9H2,1-2H3,(H,18,21,24). The molecule has 0 aliphatic carbocycles. The van der Waals surface area contributed by atoms with Crippen molar-refractivity contribution in [3.8, 4) is 22.9 Å². The molecule has 3 heterocycles. The number of nitrogens with one attached hydrogen (secondary N) is 1. The van der Waals surface area contributed by atoms with Gasteiger partial charge in [-0.15, -0.1) is 20.4 Å². The lowest BCUT2D eigenvalue weighted by Gasteiger charge is -2.07. The van der Waals surface area contributed by atoms with Gasteiger partial charge in [0.05, 0.1) is 5.75 Å². The minimum atomic E-state index is -0.154. The Labute approximate surface area is 169 Å². The van der Waals surface area contributed by atoms with E-state index in [1.165, 1.54) is 23.1 Å². The van der Waals surface area contributed by atoms with Crippen molar-refractivity contribution in [2.45, 2.75) is 32.0 Å². The summed E-state index contributed by atoms with van der Waals surface area (Å²) >= 11 is 2.71. The first-order valence-corrected chi connectivity index (χ1v) is 10.6. The monoisotopic (exact) mass is 418 g/mol. The van der Waals surface area contributed by atoms with Crippen molar-refractivity contribution in [2.75, 3.05) is 17.9 Å². The highest BCUT2D eigenvalue weighted by molar-refractivity contribution is 7.99. The first kappa shape index (κ1) is 18.7. The lowest BCUT2D eigenvalue weighted by atomic mass is 10.2. The summed E-state index contributed by atoms with van der Waals surface area (Å²) in [4.78, 5) is 12.2. The van der Waals surface area contributed by atoms with Gasteiger partial charge in [0.1, 0.15) is 5.01 Å². The molecule has 0 atom stereocenters. The minimum Gasteiger partial charge on any atom is -0.454 e. The van der Waals surface area contributed by atoms with Gasteiger partial charge < -0.3 is 14.0 Å². The summed E-state index contributed by atoms with van der Waals surface area (Å²) < 4.78 is 12.8. The number of nitrogens with zero attached hydrogens (tertiary/aromatic N) is 5. The molecule has 0 bridgehead atoms. The highest BCUT2D eigenvalue weighted by atomic mass is 32.2. The summed E-state index contributed by atoms with van der Waals surface area (Å²) in [6.45, 7) is 4.91. The van der Waals surface area contributed by atoms with E-state index < -0.39 is 0 Å². The highest BCUT2D eigenvalue weighted by Gasteiger charge is 2.19. The normalized spacial score (nSPS) is 12.4. The maximum Gasteiger partial charge on any atom is 0.236 e. The average Bonchev–Trinajstić information content (AvgIpc) is 3.44. The number of fused-ring (bicyclic) bond motifs is 1. The largest absolute Gasteiger partial charge is 0.454 e. The molecule has 0 spiro atoms. The minimum absolute atomic E-state index is 0.154. The molecular formula is C17H18N6O3S2. The van der Waals surface area contributed by atoms with Crippen LogP contribution in [-0.4, -0.2) is 43.4 Å². The molecule has 9 nitrogen and oxygen atoms in total. The van der Waals surface area contributed by atoms with Crippen molar-refractivity contribution in [1.29, 1.82) is 0 Å². The Morgan fingerprint density at radius 1 is 1.21 bits per heavy atom. The molecule has 28 heavy (non-hydrogen) atoms. The third-order valence-electron chi connectivity index (χ3n) is 4.01. The van der Waals surface area contributed by atoms with Gasteiger partial charge in [-0.3, -0.25) is 10.1 Å². The van der Waals surface area contributed by atoms with Gasteiger partial charge in [0.2, 0.25) is 17.8 Å². The summed E-state index contributed by atoms with van der Waals surface area (Å²) in [7, 11) is 0. The van der Waals surface area contributed by atoms with E-state index in [1.54, 1.807) is 0 Å². The van der Waals surface area contributed by atoms with Crippen molar-refractivity contribution in [3.63, 3.8) is 0 Å². The second-order valence-electron chi connectivity index (χ2n) is 5.81. The van der Waals surface area contributed by atoms with Crippen LogP contribution in [0.4, 0.5) is 5.13 Å². The molecule has 0 saturated carbocycles. The van der Waals surface area contributed by atoms with Crippen LogP contribution in [-0.2, 0) is 17.8 Å². The van der Waals surface area contributed by atoms with Crippen molar-refractivity contribution in [3.05, 3.63) is 23.2 Å². The summed E-state index contributed by atoms with van der Waals surface area (Å²) in [5, 5.41) is 21.4. The molecule has 146 valence electrons. The van der Waals surface area contributed by atoms with Crippen LogP contribution in [0.5, 0.6) is 11.5 Å². The highest BCUT2D eigenvalue weighted by Crippen LogP contribution is 2.36. The van der Waals surface area contributed by atoms with Crippen molar-refractivity contribution >= 4 is 34.1 Å². The van der Waals surface area contributed by atoms with E-state index in [9.17, 15) is 4.79 Å². The van der Waals surface area contributed by atoms with Crippen molar-refractivity contribution in [1.82, 2.24) is 25.0 Å².